The zero-order valence-electron chi connectivity index (χ0n) is 22.8. The zero-order valence-corrected chi connectivity index (χ0v) is 20.6. The molecule has 2 heterocycles. The molecule has 0 spiro atoms. The highest BCUT2D eigenvalue weighted by Gasteiger charge is 2.22. The van der Waals surface area contributed by atoms with Gasteiger partial charge in [0.1, 0.15) is 28.6 Å². The summed E-state index contributed by atoms with van der Waals surface area (Å²) >= 11 is 1.12. The molecule has 1 amide bonds. The van der Waals surface area contributed by atoms with Gasteiger partial charge in [0.05, 0.1) is 16.0 Å². The number of aromatic nitrogens is 1. The van der Waals surface area contributed by atoms with Crippen molar-refractivity contribution in [3.05, 3.63) is 86.8 Å². The Hall–Kier alpha value is -4.25. The lowest BCUT2D eigenvalue weighted by atomic mass is 10.00. The van der Waals surface area contributed by atoms with Gasteiger partial charge in [0, 0.05) is 24.4 Å². The van der Waals surface area contributed by atoms with Gasteiger partial charge in [-0.3, -0.25) is 10.1 Å². The number of methoxy groups -OCH3 is 1. The van der Waals surface area contributed by atoms with Crippen LogP contribution in [0.2, 0.25) is 0 Å². The topological polar surface area (TPSA) is 128 Å². The minimum Gasteiger partial charge on any atom is -0.507 e. The van der Waals surface area contributed by atoms with Gasteiger partial charge in [-0.25, -0.2) is 19.0 Å². The molecule has 0 aliphatic carbocycles. The molecule has 3 aromatic rings. The lowest BCUT2D eigenvalue weighted by molar-refractivity contribution is 0.102. The second-order valence-corrected chi connectivity index (χ2v) is 8.88. The highest BCUT2D eigenvalue weighted by atomic mass is 32.1. The number of carbonyl (C=O) groups is 2. The summed E-state index contributed by atoms with van der Waals surface area (Å²) in [5.74, 6) is -1.44. The van der Waals surface area contributed by atoms with Crippen LogP contribution in [0.25, 0.3) is 6.08 Å². The predicted octanol–water partition coefficient (Wildman–Crippen LogP) is 5.77. The van der Waals surface area contributed by atoms with Crippen molar-refractivity contribution in [2.75, 3.05) is 7.04 Å². The van der Waals surface area contributed by atoms with E-state index in [0.717, 1.165) is 11.3 Å². The summed E-state index contributed by atoms with van der Waals surface area (Å²) in [6.45, 7) is 3.22. The summed E-state index contributed by atoms with van der Waals surface area (Å²) in [6, 6.07) is 6.61. The Labute approximate surface area is 220 Å². The van der Waals surface area contributed by atoms with E-state index in [0.29, 0.717) is 23.5 Å². The molecule has 0 radical (unpaired) electrons. The van der Waals surface area contributed by atoms with E-state index in [-0.39, 0.29) is 22.4 Å². The lowest BCUT2D eigenvalue weighted by Gasteiger charge is -2.11. The largest absolute Gasteiger partial charge is 0.507 e. The van der Waals surface area contributed by atoms with Gasteiger partial charge in [-0.15, -0.1) is 0 Å². The number of nitrogens with zero attached hydrogens (tertiary/aromatic N) is 1. The third kappa shape index (κ3) is 7.61. The number of alkyl carbamates (subject to hydrolysis) is 1. The van der Waals surface area contributed by atoms with E-state index in [9.17, 15) is 23.9 Å². The molecular formula is C26H25FN2O7S. The monoisotopic (exact) mass is 531 g/mol. The number of ketones is 1. The Morgan fingerprint density at radius 3 is 2.81 bits per heavy atom. The van der Waals surface area contributed by atoms with Crippen LogP contribution in [0.5, 0.6) is 16.7 Å². The smallest absolute Gasteiger partial charge is 0.410 e. The summed E-state index contributed by atoms with van der Waals surface area (Å²) in [5, 5.41) is 12.9. The Morgan fingerprint density at radius 2 is 2.11 bits per heavy atom. The molecule has 11 heteroatoms. The number of benzene rings is 1. The normalized spacial score (nSPS) is 13.9. The highest BCUT2D eigenvalue weighted by Crippen LogP contribution is 2.29. The number of amides is 1. The van der Waals surface area contributed by atoms with Crippen molar-refractivity contribution in [1.29, 1.82) is 0 Å². The molecule has 194 valence electrons. The summed E-state index contributed by atoms with van der Waals surface area (Å²) < 4.78 is 48.6. The van der Waals surface area contributed by atoms with Crippen LogP contribution in [0.3, 0.4) is 0 Å². The first-order valence-corrected chi connectivity index (χ1v) is 11.8. The molecule has 0 bridgehead atoms. The minimum atomic E-state index is -2.85. The van der Waals surface area contributed by atoms with Crippen LogP contribution < -0.4 is 15.7 Å². The van der Waals surface area contributed by atoms with E-state index < -0.39 is 41.7 Å². The number of carbonyl (C=O) groups excluding carboxylic acids is 2. The molecule has 2 aromatic heterocycles. The SMILES string of the molecule is [2H]C([2H])([2H])OC(=O)N/C=C/CCC(C)c1cc(O)c(C(=O)C(C)=Cc2cnc(Oc3ccc(F)cc3)s2)c(=O)o1. The number of hydrogen-bond donors (Lipinski definition) is 2. The number of hydrogen-bond acceptors (Lipinski definition) is 9. The van der Waals surface area contributed by atoms with E-state index in [2.05, 4.69) is 15.0 Å². The van der Waals surface area contributed by atoms with Gasteiger partial charge >= 0.3 is 11.7 Å². The molecule has 2 N–H and O–H groups in total. The van der Waals surface area contributed by atoms with E-state index in [1.165, 1.54) is 55.7 Å². The lowest BCUT2D eigenvalue weighted by Crippen LogP contribution is -2.16. The van der Waals surface area contributed by atoms with Crippen molar-refractivity contribution < 1.29 is 37.1 Å². The number of aromatic hydroxyl groups is 1. The predicted molar refractivity (Wildman–Crippen MR) is 136 cm³/mol. The first kappa shape index (κ1) is 23.2. The quantitative estimate of drug-likeness (QED) is 0.249. The van der Waals surface area contributed by atoms with E-state index >= 15 is 0 Å². The number of Topliss-reactive ketones (excluding diaryl/α,β-unsaturated/α-hetero) is 1. The number of rotatable bonds is 10. The van der Waals surface area contributed by atoms with Gasteiger partial charge in [0.25, 0.3) is 5.19 Å². The first-order chi connectivity index (χ1) is 18.8. The molecule has 9 nitrogen and oxygen atoms in total. The van der Waals surface area contributed by atoms with Gasteiger partial charge in [-0.2, -0.15) is 0 Å². The summed E-state index contributed by atoms with van der Waals surface area (Å²) in [6.07, 6.45) is 5.45. The molecule has 1 aromatic carbocycles. The fourth-order valence-electron chi connectivity index (χ4n) is 3.14. The second kappa shape index (κ2) is 12.6. The molecule has 0 saturated carbocycles. The molecule has 1 unspecified atom stereocenters. The van der Waals surface area contributed by atoms with E-state index in [4.69, 9.17) is 13.3 Å². The maximum Gasteiger partial charge on any atom is 0.410 e. The van der Waals surface area contributed by atoms with Crippen LogP contribution in [-0.4, -0.2) is 29.0 Å². The number of nitrogens with one attached hydrogen (secondary N) is 1. The Kier molecular flexibility index (Phi) is 7.91. The van der Waals surface area contributed by atoms with Crippen molar-refractivity contribution in [3.8, 4) is 16.7 Å². The molecule has 3 rings (SSSR count). The van der Waals surface area contributed by atoms with E-state index in [1.807, 2.05) is 0 Å². The molecule has 37 heavy (non-hydrogen) atoms. The van der Waals surface area contributed by atoms with Crippen molar-refractivity contribution >= 4 is 29.3 Å². The summed E-state index contributed by atoms with van der Waals surface area (Å²) in [7, 11) is -2.85. The van der Waals surface area contributed by atoms with Gasteiger partial charge in [-0.05, 0) is 55.7 Å². The van der Waals surface area contributed by atoms with E-state index in [1.54, 1.807) is 13.0 Å². The van der Waals surface area contributed by atoms with Gasteiger partial charge in [0.15, 0.2) is 5.78 Å². The fraction of sp³-hybridized carbons (Fsp3) is 0.231. The summed E-state index contributed by atoms with van der Waals surface area (Å²) in [4.78, 5) is 41.5. The molecule has 0 aliphatic rings. The fourth-order valence-corrected chi connectivity index (χ4v) is 3.93. The van der Waals surface area contributed by atoms with Crippen LogP contribution in [0.4, 0.5) is 9.18 Å². The van der Waals surface area contributed by atoms with Crippen LogP contribution in [0.1, 0.15) is 57.7 Å². The Bertz CT molecular complexity index is 1480. The van der Waals surface area contributed by atoms with Crippen LogP contribution in [-0.2, 0) is 4.74 Å². The molecule has 0 aliphatic heterocycles. The second-order valence-electron chi connectivity index (χ2n) is 7.85. The number of ether oxygens (including phenoxy) is 2. The number of allylic oxidation sites excluding steroid dienone is 2. The third-order valence-corrected chi connectivity index (χ3v) is 5.90. The standard InChI is InChI=1S/C26H25FN2O7S/c1-15(6-4-5-11-28-25(33)34-3)21-13-20(30)22(24(32)36-21)23(31)16(2)12-19-14-29-26(37-19)35-18-9-7-17(27)8-10-18/h5,7-15,30H,4,6H2,1-3H3,(H,28,33)/b11-5+,16-12?/i3D3. The Morgan fingerprint density at radius 1 is 1.35 bits per heavy atom. The average Bonchev–Trinajstić information content (AvgIpc) is 3.29. The van der Waals surface area contributed by atoms with Crippen LogP contribution in [0, 0.1) is 5.82 Å². The molecule has 0 fully saturated rings. The van der Waals surface area contributed by atoms with Crippen molar-refractivity contribution in [3.63, 3.8) is 0 Å². The maximum absolute atomic E-state index is 13.1. The van der Waals surface area contributed by atoms with Gasteiger partial charge in [0.2, 0.25) is 0 Å². The Balaban J connectivity index is 1.61. The van der Waals surface area contributed by atoms with Crippen molar-refractivity contribution in [1.82, 2.24) is 10.3 Å². The third-order valence-electron chi connectivity index (χ3n) is 5.08. The van der Waals surface area contributed by atoms with Gasteiger partial charge < -0.3 is 19.0 Å². The summed E-state index contributed by atoms with van der Waals surface area (Å²) in [5.41, 5.74) is -1.35. The highest BCUT2D eigenvalue weighted by molar-refractivity contribution is 7.14. The van der Waals surface area contributed by atoms with Crippen molar-refractivity contribution in [2.45, 2.75) is 32.6 Å². The average molecular weight is 532 g/mol. The van der Waals surface area contributed by atoms with Crippen molar-refractivity contribution in [2.24, 2.45) is 0 Å². The first-order valence-electron chi connectivity index (χ1n) is 12.5. The minimum absolute atomic E-state index is 0.148. The molecular weight excluding hydrogens is 503 g/mol. The van der Waals surface area contributed by atoms with Crippen LogP contribution in [0.15, 0.2) is 63.6 Å². The van der Waals surface area contributed by atoms with Crippen LogP contribution >= 0.6 is 11.3 Å². The number of thiazole rings is 1. The maximum atomic E-state index is 13.1. The molecule has 0 saturated heterocycles. The number of halogens is 1. The zero-order chi connectivity index (χ0) is 29.4. The molecule has 1 atom stereocenters. The van der Waals surface area contributed by atoms with Gasteiger partial charge in [-0.1, -0.05) is 24.3 Å².